The summed E-state index contributed by atoms with van der Waals surface area (Å²) in [5.41, 5.74) is 1.21. The quantitative estimate of drug-likeness (QED) is 0.777. The molecular weight excluding hydrogens is 276 g/mol. The molecule has 1 aromatic heterocycles. The second kappa shape index (κ2) is 7.63. The minimum atomic E-state index is 0.381. The molecule has 1 atom stereocenters. The fraction of sp³-hybridized carbons (Fsp3) is 0.400. The number of hydrogen-bond donors (Lipinski definition) is 1. The molecule has 1 aromatic carbocycles. The molecular formula is C15H19ClN2S. The van der Waals surface area contributed by atoms with E-state index < -0.39 is 0 Å². The molecule has 1 unspecified atom stereocenters. The van der Waals surface area contributed by atoms with E-state index in [0.717, 1.165) is 31.0 Å². The normalized spacial score (nSPS) is 12.5. The van der Waals surface area contributed by atoms with Crippen LogP contribution in [0.25, 0.3) is 0 Å². The highest BCUT2D eigenvalue weighted by molar-refractivity contribution is 7.09. The monoisotopic (exact) mass is 294 g/mol. The maximum absolute atomic E-state index is 6.33. The topological polar surface area (TPSA) is 24.9 Å². The molecule has 2 aromatic rings. The van der Waals surface area contributed by atoms with Crippen LogP contribution in [0.2, 0.25) is 5.02 Å². The zero-order valence-corrected chi connectivity index (χ0v) is 12.7. The van der Waals surface area contributed by atoms with Crippen molar-refractivity contribution in [1.29, 1.82) is 0 Å². The Morgan fingerprint density at radius 3 is 2.89 bits per heavy atom. The van der Waals surface area contributed by atoms with Crippen LogP contribution < -0.4 is 5.32 Å². The summed E-state index contributed by atoms with van der Waals surface area (Å²) in [4.78, 5) is 4.39. The molecule has 1 heterocycles. The van der Waals surface area contributed by atoms with Crippen LogP contribution in [0, 0.1) is 0 Å². The Labute approximate surface area is 123 Å². The third kappa shape index (κ3) is 4.30. The van der Waals surface area contributed by atoms with Gasteiger partial charge in [-0.2, -0.15) is 0 Å². The molecule has 0 aliphatic heterocycles. The zero-order valence-electron chi connectivity index (χ0n) is 11.1. The van der Waals surface area contributed by atoms with Crippen molar-refractivity contribution in [3.8, 4) is 0 Å². The lowest BCUT2D eigenvalue weighted by molar-refractivity contribution is 0.576. The maximum atomic E-state index is 6.33. The van der Waals surface area contributed by atoms with Gasteiger partial charge in [0.15, 0.2) is 0 Å². The van der Waals surface area contributed by atoms with Gasteiger partial charge in [0.1, 0.15) is 0 Å². The highest BCUT2D eigenvalue weighted by Crippen LogP contribution is 2.27. The SMILES string of the molecule is CCCNCC(Cc1nccs1)c1ccccc1Cl. The van der Waals surface area contributed by atoms with Crippen LogP contribution in [0.4, 0.5) is 0 Å². The number of aromatic nitrogens is 1. The molecule has 2 nitrogen and oxygen atoms in total. The van der Waals surface area contributed by atoms with Crippen molar-refractivity contribution in [3.63, 3.8) is 0 Å². The summed E-state index contributed by atoms with van der Waals surface area (Å²) in [6.07, 6.45) is 3.95. The van der Waals surface area contributed by atoms with Crippen LogP contribution in [0.5, 0.6) is 0 Å². The minimum absolute atomic E-state index is 0.381. The number of thiazole rings is 1. The van der Waals surface area contributed by atoms with Crippen LogP contribution in [-0.4, -0.2) is 18.1 Å². The second-order valence-corrected chi connectivity index (χ2v) is 5.94. The van der Waals surface area contributed by atoms with E-state index >= 15 is 0 Å². The average molecular weight is 295 g/mol. The molecule has 0 fully saturated rings. The molecule has 2 rings (SSSR count). The van der Waals surface area contributed by atoms with E-state index in [2.05, 4.69) is 29.4 Å². The van der Waals surface area contributed by atoms with E-state index in [-0.39, 0.29) is 0 Å². The molecule has 0 saturated carbocycles. The Morgan fingerprint density at radius 1 is 1.37 bits per heavy atom. The van der Waals surface area contributed by atoms with Gasteiger partial charge >= 0.3 is 0 Å². The number of rotatable bonds is 7. The van der Waals surface area contributed by atoms with E-state index in [1.807, 2.05) is 23.7 Å². The summed E-state index contributed by atoms with van der Waals surface area (Å²) in [6, 6.07) is 8.11. The maximum Gasteiger partial charge on any atom is 0.0931 e. The van der Waals surface area contributed by atoms with Gasteiger partial charge in [-0.15, -0.1) is 11.3 Å². The van der Waals surface area contributed by atoms with Gasteiger partial charge in [0.05, 0.1) is 5.01 Å². The summed E-state index contributed by atoms with van der Waals surface area (Å²) in [5, 5.41) is 7.54. The molecule has 1 N–H and O–H groups in total. The minimum Gasteiger partial charge on any atom is -0.316 e. The number of nitrogens with zero attached hydrogens (tertiary/aromatic N) is 1. The van der Waals surface area contributed by atoms with Crippen molar-refractivity contribution in [3.05, 3.63) is 51.4 Å². The lowest BCUT2D eigenvalue weighted by Crippen LogP contribution is -2.24. The predicted octanol–water partition coefficient (Wildman–Crippen LogP) is 4.12. The van der Waals surface area contributed by atoms with Gasteiger partial charge in [-0.3, -0.25) is 0 Å². The Hall–Kier alpha value is -0.900. The molecule has 0 aliphatic carbocycles. The van der Waals surface area contributed by atoms with E-state index in [1.165, 1.54) is 10.6 Å². The average Bonchev–Trinajstić information content (AvgIpc) is 2.91. The molecule has 102 valence electrons. The van der Waals surface area contributed by atoms with Gasteiger partial charge in [-0.1, -0.05) is 36.7 Å². The van der Waals surface area contributed by atoms with Gasteiger partial charge in [0.25, 0.3) is 0 Å². The summed E-state index contributed by atoms with van der Waals surface area (Å²) < 4.78 is 0. The first-order chi connectivity index (χ1) is 9.31. The molecule has 0 radical (unpaired) electrons. The summed E-state index contributed by atoms with van der Waals surface area (Å²) in [5.74, 6) is 0.381. The molecule has 0 amide bonds. The van der Waals surface area contributed by atoms with E-state index in [0.29, 0.717) is 5.92 Å². The molecule has 0 bridgehead atoms. The number of hydrogen-bond acceptors (Lipinski definition) is 3. The number of benzene rings is 1. The highest BCUT2D eigenvalue weighted by Gasteiger charge is 2.16. The van der Waals surface area contributed by atoms with Crippen molar-refractivity contribution in [1.82, 2.24) is 10.3 Å². The molecule has 19 heavy (non-hydrogen) atoms. The summed E-state index contributed by atoms with van der Waals surface area (Å²) in [7, 11) is 0. The molecule has 0 spiro atoms. The first kappa shape index (κ1) is 14.5. The van der Waals surface area contributed by atoms with Crippen LogP contribution in [-0.2, 0) is 6.42 Å². The highest BCUT2D eigenvalue weighted by atomic mass is 35.5. The molecule has 0 saturated heterocycles. The van der Waals surface area contributed by atoms with Crippen molar-refractivity contribution < 1.29 is 0 Å². The third-order valence-electron chi connectivity index (χ3n) is 3.07. The van der Waals surface area contributed by atoms with Crippen LogP contribution >= 0.6 is 22.9 Å². The summed E-state index contributed by atoms with van der Waals surface area (Å²) in [6.45, 7) is 4.16. The van der Waals surface area contributed by atoms with Gasteiger partial charge < -0.3 is 5.32 Å². The van der Waals surface area contributed by atoms with Crippen molar-refractivity contribution in [2.24, 2.45) is 0 Å². The molecule has 4 heteroatoms. The largest absolute Gasteiger partial charge is 0.316 e. The van der Waals surface area contributed by atoms with Gasteiger partial charge in [0, 0.05) is 35.5 Å². The standard InChI is InChI=1S/C15H19ClN2S/c1-2-7-17-11-12(10-15-18-8-9-19-15)13-5-3-4-6-14(13)16/h3-6,8-9,12,17H,2,7,10-11H2,1H3. The van der Waals surface area contributed by atoms with Crippen LogP contribution in [0.3, 0.4) is 0 Å². The fourth-order valence-electron chi connectivity index (χ4n) is 2.12. The Bertz CT molecular complexity index is 485. The van der Waals surface area contributed by atoms with Crippen LogP contribution in [0.1, 0.15) is 29.8 Å². The van der Waals surface area contributed by atoms with Gasteiger partial charge in [0.2, 0.25) is 0 Å². The lowest BCUT2D eigenvalue weighted by Gasteiger charge is -2.18. The predicted molar refractivity (Wildman–Crippen MR) is 83.2 cm³/mol. The van der Waals surface area contributed by atoms with Crippen molar-refractivity contribution in [2.75, 3.05) is 13.1 Å². The first-order valence-corrected chi connectivity index (χ1v) is 7.90. The first-order valence-electron chi connectivity index (χ1n) is 6.64. The molecule has 0 aliphatic rings. The van der Waals surface area contributed by atoms with Gasteiger partial charge in [-0.05, 0) is 24.6 Å². The fourth-order valence-corrected chi connectivity index (χ4v) is 3.10. The zero-order chi connectivity index (χ0) is 13.5. The van der Waals surface area contributed by atoms with E-state index in [1.54, 1.807) is 11.3 Å². The Balaban J connectivity index is 2.11. The Morgan fingerprint density at radius 2 is 2.21 bits per heavy atom. The number of nitrogens with one attached hydrogen (secondary N) is 1. The lowest BCUT2D eigenvalue weighted by atomic mass is 9.95. The van der Waals surface area contributed by atoms with Crippen molar-refractivity contribution in [2.45, 2.75) is 25.7 Å². The van der Waals surface area contributed by atoms with Gasteiger partial charge in [-0.25, -0.2) is 4.98 Å². The van der Waals surface area contributed by atoms with Crippen molar-refractivity contribution >= 4 is 22.9 Å². The summed E-state index contributed by atoms with van der Waals surface area (Å²) >= 11 is 8.04. The number of halogens is 1. The van der Waals surface area contributed by atoms with Crippen LogP contribution in [0.15, 0.2) is 35.8 Å². The third-order valence-corrected chi connectivity index (χ3v) is 4.21. The smallest absolute Gasteiger partial charge is 0.0931 e. The van der Waals surface area contributed by atoms with E-state index in [4.69, 9.17) is 11.6 Å². The second-order valence-electron chi connectivity index (χ2n) is 4.55. The Kier molecular flexibility index (Phi) is 5.83. The van der Waals surface area contributed by atoms with E-state index in [9.17, 15) is 0 Å².